The van der Waals surface area contributed by atoms with Crippen LogP contribution in [0.4, 0.5) is 5.69 Å². The number of carbonyl (C=O) groups is 3. The van der Waals surface area contributed by atoms with Crippen LogP contribution in [0, 0.1) is 0 Å². The summed E-state index contributed by atoms with van der Waals surface area (Å²) in [6.07, 6.45) is 6.94. The summed E-state index contributed by atoms with van der Waals surface area (Å²) >= 11 is 0. The fraction of sp³-hybridized carbons (Fsp3) is 0.400. The Morgan fingerprint density at radius 2 is 1.65 bits per heavy atom. The second kappa shape index (κ2) is 12.5. The van der Waals surface area contributed by atoms with Crippen molar-refractivity contribution in [3.05, 3.63) is 59.2 Å². The molecule has 0 aliphatic heterocycles. The molecule has 0 aliphatic rings. The van der Waals surface area contributed by atoms with E-state index < -0.39 is 11.9 Å². The lowest BCUT2D eigenvalue weighted by Crippen LogP contribution is -2.14. The van der Waals surface area contributed by atoms with Crippen molar-refractivity contribution in [3.63, 3.8) is 0 Å². The number of amides is 1. The Labute approximate surface area is 183 Å². The molecule has 0 unspecified atom stereocenters. The van der Waals surface area contributed by atoms with E-state index in [0.717, 1.165) is 19.3 Å². The first-order chi connectivity index (χ1) is 15.0. The minimum Gasteiger partial charge on any atom is -0.507 e. The third kappa shape index (κ3) is 7.55. The number of aromatic hydroxyl groups is 1. The molecule has 0 aromatic heterocycles. The number of anilines is 1. The van der Waals surface area contributed by atoms with Crippen molar-refractivity contribution in [2.45, 2.75) is 58.8 Å². The average molecular weight is 426 g/mol. The van der Waals surface area contributed by atoms with Crippen LogP contribution in [0.25, 0.3) is 0 Å². The van der Waals surface area contributed by atoms with Gasteiger partial charge in [-0.2, -0.15) is 0 Å². The van der Waals surface area contributed by atoms with Gasteiger partial charge in [0.25, 0.3) is 5.91 Å². The van der Waals surface area contributed by atoms with E-state index in [9.17, 15) is 19.5 Å². The number of phenols is 1. The molecule has 0 saturated carbocycles. The summed E-state index contributed by atoms with van der Waals surface area (Å²) in [5.74, 6) is -1.31. The molecule has 166 valence electrons. The van der Waals surface area contributed by atoms with Crippen LogP contribution in [0.15, 0.2) is 42.5 Å². The molecule has 31 heavy (non-hydrogen) atoms. The van der Waals surface area contributed by atoms with Crippen molar-refractivity contribution in [2.75, 3.05) is 11.9 Å². The number of rotatable bonds is 12. The van der Waals surface area contributed by atoms with E-state index in [2.05, 4.69) is 12.2 Å². The minimum atomic E-state index is -0.562. The molecule has 0 heterocycles. The molecule has 0 spiro atoms. The minimum absolute atomic E-state index is 0.00957. The van der Waals surface area contributed by atoms with Gasteiger partial charge in [-0.15, -0.1) is 0 Å². The largest absolute Gasteiger partial charge is 0.507 e. The lowest BCUT2D eigenvalue weighted by Gasteiger charge is -2.10. The van der Waals surface area contributed by atoms with Gasteiger partial charge < -0.3 is 15.2 Å². The highest BCUT2D eigenvalue weighted by Crippen LogP contribution is 2.22. The molecule has 6 heteroatoms. The van der Waals surface area contributed by atoms with E-state index in [0.29, 0.717) is 23.2 Å². The Morgan fingerprint density at radius 3 is 2.39 bits per heavy atom. The molecule has 2 aromatic rings. The number of phenolic OH excluding ortho intramolecular Hbond substituents is 1. The third-order valence-corrected chi connectivity index (χ3v) is 4.95. The number of carbonyl (C=O) groups excluding carboxylic acids is 3. The summed E-state index contributed by atoms with van der Waals surface area (Å²) in [6, 6.07) is 10.7. The summed E-state index contributed by atoms with van der Waals surface area (Å²) in [5.41, 5.74) is 1.11. The molecule has 2 aromatic carbocycles. The van der Waals surface area contributed by atoms with Crippen LogP contribution in [0.3, 0.4) is 0 Å². The predicted molar refractivity (Wildman–Crippen MR) is 121 cm³/mol. The van der Waals surface area contributed by atoms with E-state index in [4.69, 9.17) is 4.74 Å². The van der Waals surface area contributed by atoms with Crippen LogP contribution >= 0.6 is 0 Å². The summed E-state index contributed by atoms with van der Waals surface area (Å²) in [7, 11) is 0. The molecule has 6 nitrogen and oxygen atoms in total. The van der Waals surface area contributed by atoms with Crippen molar-refractivity contribution in [1.82, 2.24) is 0 Å². The average Bonchev–Trinajstić information content (AvgIpc) is 2.76. The van der Waals surface area contributed by atoms with E-state index in [1.807, 2.05) is 0 Å². The highest BCUT2D eigenvalue weighted by Gasteiger charge is 2.16. The molecule has 0 saturated heterocycles. The number of ketones is 1. The maximum absolute atomic E-state index is 12.7. The van der Waals surface area contributed by atoms with Gasteiger partial charge in [0.05, 0.1) is 17.7 Å². The maximum Gasteiger partial charge on any atom is 0.338 e. The van der Waals surface area contributed by atoms with Gasteiger partial charge in [0.1, 0.15) is 5.75 Å². The molecule has 2 rings (SSSR count). The maximum atomic E-state index is 12.7. The van der Waals surface area contributed by atoms with E-state index >= 15 is 0 Å². The Balaban J connectivity index is 2.02. The van der Waals surface area contributed by atoms with Crippen LogP contribution in [-0.2, 0) is 4.74 Å². The van der Waals surface area contributed by atoms with Crippen molar-refractivity contribution in [2.24, 2.45) is 0 Å². The van der Waals surface area contributed by atoms with Crippen LogP contribution in [0.1, 0.15) is 89.9 Å². The van der Waals surface area contributed by atoms with Gasteiger partial charge in [-0.25, -0.2) is 4.79 Å². The van der Waals surface area contributed by atoms with Crippen molar-refractivity contribution in [3.8, 4) is 5.75 Å². The number of benzene rings is 2. The fourth-order valence-corrected chi connectivity index (χ4v) is 3.24. The standard InChI is InChI=1S/C25H31NO5/c1-3-5-6-7-8-9-13-22(27)18-14-15-23(28)21(17-18)24(29)26-20-12-10-11-19(16-20)25(30)31-4-2/h10-12,14-17,28H,3-9,13H2,1-2H3,(H,26,29). The second-order valence-corrected chi connectivity index (χ2v) is 7.43. The monoisotopic (exact) mass is 425 g/mol. The molecular formula is C25H31NO5. The smallest absolute Gasteiger partial charge is 0.338 e. The zero-order valence-electron chi connectivity index (χ0n) is 18.3. The van der Waals surface area contributed by atoms with Gasteiger partial charge in [0.2, 0.25) is 0 Å². The lowest BCUT2D eigenvalue weighted by atomic mass is 10.0. The number of ether oxygens (including phenoxy) is 1. The molecular weight excluding hydrogens is 394 g/mol. The molecule has 0 bridgehead atoms. The number of nitrogens with one attached hydrogen (secondary N) is 1. The number of hydrogen-bond acceptors (Lipinski definition) is 5. The fourth-order valence-electron chi connectivity index (χ4n) is 3.24. The summed E-state index contributed by atoms with van der Waals surface area (Å²) < 4.78 is 4.96. The SMILES string of the molecule is CCCCCCCCC(=O)c1ccc(O)c(C(=O)Nc2cccc(C(=O)OCC)c2)c1. The summed E-state index contributed by atoms with van der Waals surface area (Å²) in [5, 5.41) is 12.8. The molecule has 0 aliphatic carbocycles. The number of esters is 1. The third-order valence-electron chi connectivity index (χ3n) is 4.95. The number of Topliss-reactive ketones (excluding diaryl/α,β-unsaturated/α-hetero) is 1. The van der Waals surface area contributed by atoms with Gasteiger partial charge in [-0.3, -0.25) is 9.59 Å². The first-order valence-corrected chi connectivity index (χ1v) is 10.9. The van der Waals surface area contributed by atoms with Crippen LogP contribution in [-0.4, -0.2) is 29.4 Å². The van der Waals surface area contributed by atoms with E-state index in [-0.39, 0.29) is 23.7 Å². The first-order valence-electron chi connectivity index (χ1n) is 10.9. The van der Waals surface area contributed by atoms with Crippen LogP contribution in [0.5, 0.6) is 5.75 Å². The van der Waals surface area contributed by atoms with Gasteiger partial charge in [0.15, 0.2) is 5.78 Å². The highest BCUT2D eigenvalue weighted by atomic mass is 16.5. The Kier molecular flexibility index (Phi) is 9.75. The topological polar surface area (TPSA) is 92.7 Å². The summed E-state index contributed by atoms with van der Waals surface area (Å²) in [6.45, 7) is 4.13. The highest BCUT2D eigenvalue weighted by molar-refractivity contribution is 6.08. The number of unbranched alkanes of at least 4 members (excludes halogenated alkanes) is 5. The van der Waals surface area contributed by atoms with Crippen LogP contribution in [0.2, 0.25) is 0 Å². The first kappa shape index (κ1) is 24.1. The molecule has 0 radical (unpaired) electrons. The summed E-state index contributed by atoms with van der Waals surface area (Å²) in [4.78, 5) is 37.0. The van der Waals surface area contributed by atoms with Crippen molar-refractivity contribution < 1.29 is 24.2 Å². The zero-order chi connectivity index (χ0) is 22.6. The Bertz CT molecular complexity index is 907. The zero-order valence-corrected chi connectivity index (χ0v) is 18.3. The molecule has 2 N–H and O–H groups in total. The lowest BCUT2D eigenvalue weighted by molar-refractivity contribution is 0.0526. The van der Waals surface area contributed by atoms with Crippen LogP contribution < -0.4 is 5.32 Å². The normalized spacial score (nSPS) is 10.5. The van der Waals surface area contributed by atoms with Gasteiger partial charge in [-0.05, 0) is 49.7 Å². The van der Waals surface area contributed by atoms with Crippen molar-refractivity contribution in [1.29, 1.82) is 0 Å². The Morgan fingerprint density at radius 1 is 0.903 bits per heavy atom. The second-order valence-electron chi connectivity index (χ2n) is 7.43. The predicted octanol–water partition coefficient (Wildman–Crippen LogP) is 5.75. The van der Waals surface area contributed by atoms with Gasteiger partial charge in [-0.1, -0.05) is 45.1 Å². The van der Waals surface area contributed by atoms with E-state index in [1.54, 1.807) is 25.1 Å². The van der Waals surface area contributed by atoms with Gasteiger partial charge >= 0.3 is 5.97 Å². The molecule has 1 amide bonds. The molecule has 0 atom stereocenters. The quantitative estimate of drug-likeness (QED) is 0.256. The number of hydrogen-bond donors (Lipinski definition) is 2. The molecule has 0 fully saturated rings. The van der Waals surface area contributed by atoms with E-state index in [1.165, 1.54) is 43.5 Å². The van der Waals surface area contributed by atoms with Gasteiger partial charge in [0, 0.05) is 17.7 Å². The Hall–Kier alpha value is -3.15. The van der Waals surface area contributed by atoms with Crippen molar-refractivity contribution >= 4 is 23.3 Å².